The van der Waals surface area contributed by atoms with Crippen LogP contribution in [0.25, 0.3) is 0 Å². The number of carbonyl (C=O) groups is 1. The summed E-state index contributed by atoms with van der Waals surface area (Å²) in [5, 5.41) is 2.55. The number of hydrogen-bond acceptors (Lipinski definition) is 3. The lowest BCUT2D eigenvalue weighted by Crippen LogP contribution is -2.14. The molecule has 1 aromatic carbocycles. The first kappa shape index (κ1) is 14.4. The van der Waals surface area contributed by atoms with Crippen molar-refractivity contribution in [3.05, 3.63) is 50.0 Å². The molecule has 1 aromatic heterocycles. The molecule has 4 nitrogen and oxygen atoms in total. The van der Waals surface area contributed by atoms with Gasteiger partial charge in [0.1, 0.15) is 15.0 Å². The second-order valence-corrected chi connectivity index (χ2v) is 5.38. The van der Waals surface area contributed by atoms with Crippen LogP contribution in [0, 0.1) is 5.82 Å². The molecule has 0 bridgehead atoms. The maximum absolute atomic E-state index is 12.9. The van der Waals surface area contributed by atoms with E-state index in [0.29, 0.717) is 9.21 Å². The van der Waals surface area contributed by atoms with Gasteiger partial charge in [0.15, 0.2) is 5.82 Å². The minimum atomic E-state index is -0.508. The van der Waals surface area contributed by atoms with Crippen molar-refractivity contribution in [3.63, 3.8) is 0 Å². The Kier molecular flexibility index (Phi) is 4.49. The average molecular weight is 409 g/mol. The summed E-state index contributed by atoms with van der Waals surface area (Å²) in [5.74, 6) is -0.762. The van der Waals surface area contributed by atoms with Gasteiger partial charge in [0.2, 0.25) is 0 Å². The van der Waals surface area contributed by atoms with Crippen molar-refractivity contribution >= 4 is 55.2 Å². The van der Waals surface area contributed by atoms with Crippen LogP contribution in [0.2, 0.25) is 5.02 Å². The van der Waals surface area contributed by atoms with E-state index in [1.165, 1.54) is 12.3 Å². The van der Waals surface area contributed by atoms with Crippen molar-refractivity contribution in [1.29, 1.82) is 0 Å². The van der Waals surface area contributed by atoms with Crippen LogP contribution >= 0.6 is 43.5 Å². The Bertz CT molecular complexity index is 654. The van der Waals surface area contributed by atoms with Crippen LogP contribution < -0.4 is 5.32 Å². The molecule has 8 heteroatoms. The Hall–Kier alpha value is -1.05. The number of aromatic nitrogens is 2. The van der Waals surface area contributed by atoms with Crippen molar-refractivity contribution in [2.24, 2.45) is 0 Å². The Morgan fingerprint density at radius 2 is 2.11 bits per heavy atom. The molecule has 0 aliphatic rings. The average Bonchev–Trinajstić information content (AvgIpc) is 2.32. The van der Waals surface area contributed by atoms with Gasteiger partial charge in [-0.05, 0) is 50.1 Å². The predicted octanol–water partition coefficient (Wildman–Crippen LogP) is 4.05. The summed E-state index contributed by atoms with van der Waals surface area (Å²) >= 11 is 12.1. The molecule has 98 valence electrons. The van der Waals surface area contributed by atoms with Crippen LogP contribution in [0.1, 0.15) is 10.4 Å². The van der Waals surface area contributed by atoms with Crippen LogP contribution in [0.15, 0.2) is 33.6 Å². The number of benzene rings is 1. The summed E-state index contributed by atoms with van der Waals surface area (Å²) in [7, 11) is 0. The Morgan fingerprint density at radius 3 is 2.74 bits per heavy atom. The van der Waals surface area contributed by atoms with E-state index in [9.17, 15) is 9.18 Å². The van der Waals surface area contributed by atoms with Gasteiger partial charge in [-0.3, -0.25) is 4.79 Å². The van der Waals surface area contributed by atoms with E-state index < -0.39 is 11.7 Å². The summed E-state index contributed by atoms with van der Waals surface area (Å²) < 4.78 is 13.8. The highest BCUT2D eigenvalue weighted by Crippen LogP contribution is 2.22. The van der Waals surface area contributed by atoms with Crippen LogP contribution in [-0.4, -0.2) is 15.9 Å². The molecule has 1 N–H and O–H groups in total. The minimum absolute atomic E-state index is 0.0266. The van der Waals surface area contributed by atoms with E-state index in [1.807, 2.05) is 0 Å². The highest BCUT2D eigenvalue weighted by Gasteiger charge is 2.14. The monoisotopic (exact) mass is 407 g/mol. The van der Waals surface area contributed by atoms with E-state index in [1.54, 1.807) is 0 Å². The minimum Gasteiger partial charge on any atom is -0.304 e. The lowest BCUT2D eigenvalue weighted by atomic mass is 10.2. The fourth-order valence-electron chi connectivity index (χ4n) is 1.28. The van der Waals surface area contributed by atoms with E-state index in [0.717, 1.165) is 12.1 Å². The second-order valence-electron chi connectivity index (χ2n) is 3.41. The third-order valence-corrected chi connectivity index (χ3v) is 3.36. The normalized spacial score (nSPS) is 10.3. The zero-order valence-electron chi connectivity index (χ0n) is 9.12. The molecule has 0 saturated heterocycles. The summed E-state index contributed by atoms with van der Waals surface area (Å²) in [5.41, 5.74) is 0.152. The molecule has 0 spiro atoms. The fourth-order valence-corrected chi connectivity index (χ4v) is 2.44. The van der Waals surface area contributed by atoms with E-state index in [4.69, 9.17) is 11.6 Å². The number of hydrogen-bond donors (Lipinski definition) is 1. The molecule has 0 saturated carbocycles. The van der Waals surface area contributed by atoms with Gasteiger partial charge in [0.05, 0.1) is 16.8 Å². The molecular weight excluding hydrogens is 404 g/mol. The second kappa shape index (κ2) is 5.94. The van der Waals surface area contributed by atoms with Crippen molar-refractivity contribution in [2.45, 2.75) is 0 Å². The molecule has 0 unspecified atom stereocenters. The van der Waals surface area contributed by atoms with Gasteiger partial charge in [-0.25, -0.2) is 14.4 Å². The number of amides is 1. The van der Waals surface area contributed by atoms with E-state index >= 15 is 0 Å². The van der Waals surface area contributed by atoms with Crippen LogP contribution in [0.4, 0.5) is 10.2 Å². The molecule has 0 aliphatic heterocycles. The molecule has 19 heavy (non-hydrogen) atoms. The molecular formula is C11H5Br2ClFN3O. The maximum atomic E-state index is 12.9. The van der Waals surface area contributed by atoms with Gasteiger partial charge in [-0.15, -0.1) is 0 Å². The van der Waals surface area contributed by atoms with Crippen molar-refractivity contribution in [1.82, 2.24) is 9.97 Å². The number of rotatable bonds is 2. The molecule has 2 rings (SSSR count). The van der Waals surface area contributed by atoms with Crippen molar-refractivity contribution < 1.29 is 9.18 Å². The molecule has 2 aromatic rings. The van der Waals surface area contributed by atoms with E-state index in [-0.39, 0.29) is 16.4 Å². The quantitative estimate of drug-likeness (QED) is 0.814. The number of nitrogens with one attached hydrogen (secondary N) is 1. The first-order valence-corrected chi connectivity index (χ1v) is 6.88. The first-order valence-electron chi connectivity index (χ1n) is 4.92. The predicted molar refractivity (Wildman–Crippen MR) is 76.8 cm³/mol. The number of carbonyl (C=O) groups excluding carboxylic acids is 1. The molecule has 0 atom stereocenters. The zero-order chi connectivity index (χ0) is 14.0. The maximum Gasteiger partial charge on any atom is 0.258 e. The fraction of sp³-hybridized carbons (Fsp3) is 0. The van der Waals surface area contributed by atoms with Crippen LogP contribution in [-0.2, 0) is 0 Å². The van der Waals surface area contributed by atoms with Gasteiger partial charge in [-0.1, -0.05) is 11.6 Å². The highest BCUT2D eigenvalue weighted by molar-refractivity contribution is 9.11. The third kappa shape index (κ3) is 3.49. The number of halogens is 4. The number of nitrogens with zero attached hydrogens (tertiary/aromatic N) is 2. The third-order valence-electron chi connectivity index (χ3n) is 2.11. The van der Waals surface area contributed by atoms with Crippen LogP contribution in [0.5, 0.6) is 0 Å². The van der Waals surface area contributed by atoms with Crippen LogP contribution in [0.3, 0.4) is 0 Å². The highest BCUT2D eigenvalue weighted by atomic mass is 79.9. The Morgan fingerprint density at radius 1 is 1.37 bits per heavy atom. The van der Waals surface area contributed by atoms with Crippen molar-refractivity contribution in [2.75, 3.05) is 5.32 Å². The standard InChI is InChI=1S/C11H5Br2ClFN3O/c12-8-4-16-10(9(13)17-8)18-11(19)6-2-1-5(15)3-7(6)14/h1-4H,(H,16,18,19). The van der Waals surface area contributed by atoms with Gasteiger partial charge >= 0.3 is 0 Å². The molecule has 1 amide bonds. The lowest BCUT2D eigenvalue weighted by molar-refractivity contribution is 0.102. The van der Waals surface area contributed by atoms with E-state index in [2.05, 4.69) is 47.1 Å². The summed E-state index contributed by atoms with van der Waals surface area (Å²) in [6, 6.07) is 3.52. The molecule has 1 heterocycles. The Labute approximate surface area is 129 Å². The summed E-state index contributed by atoms with van der Waals surface area (Å²) in [6.07, 6.45) is 1.44. The van der Waals surface area contributed by atoms with Crippen molar-refractivity contribution in [3.8, 4) is 0 Å². The van der Waals surface area contributed by atoms with Gasteiger partial charge in [0, 0.05) is 0 Å². The molecule has 0 radical (unpaired) electrons. The summed E-state index contributed by atoms with van der Waals surface area (Å²) in [4.78, 5) is 20.0. The Balaban J connectivity index is 2.25. The van der Waals surface area contributed by atoms with Gasteiger partial charge in [-0.2, -0.15) is 0 Å². The smallest absolute Gasteiger partial charge is 0.258 e. The SMILES string of the molecule is O=C(Nc1ncc(Br)nc1Br)c1ccc(F)cc1Cl. The first-order chi connectivity index (χ1) is 8.97. The zero-order valence-corrected chi connectivity index (χ0v) is 13.1. The van der Waals surface area contributed by atoms with Gasteiger partial charge in [0.25, 0.3) is 5.91 Å². The number of anilines is 1. The molecule has 0 fully saturated rings. The van der Waals surface area contributed by atoms with Gasteiger partial charge < -0.3 is 5.32 Å². The molecule has 0 aliphatic carbocycles. The topological polar surface area (TPSA) is 54.9 Å². The largest absolute Gasteiger partial charge is 0.304 e. The summed E-state index contributed by atoms with van der Waals surface area (Å²) in [6.45, 7) is 0. The lowest BCUT2D eigenvalue weighted by Gasteiger charge is -2.07.